The molecule has 0 radical (unpaired) electrons. The fourth-order valence-corrected chi connectivity index (χ4v) is 3.99. The topological polar surface area (TPSA) is 81.2 Å². The van der Waals surface area contributed by atoms with Crippen LogP contribution >= 0.6 is 11.8 Å². The van der Waals surface area contributed by atoms with Gasteiger partial charge < -0.3 is 10.1 Å². The molecule has 0 bridgehead atoms. The minimum Gasteiger partial charge on any atom is -0.453 e. The van der Waals surface area contributed by atoms with E-state index < -0.39 is 6.10 Å². The van der Waals surface area contributed by atoms with E-state index >= 15 is 0 Å². The maximum atomic E-state index is 12.3. The number of aromatic nitrogens is 2. The number of hydrogen-bond donors (Lipinski definition) is 1. The molecule has 0 aromatic carbocycles. The molecule has 0 spiro atoms. The van der Waals surface area contributed by atoms with Crippen molar-refractivity contribution in [2.75, 3.05) is 6.26 Å². The van der Waals surface area contributed by atoms with Crippen LogP contribution in [0.4, 0.5) is 0 Å². The van der Waals surface area contributed by atoms with Gasteiger partial charge in [-0.15, -0.1) is 0 Å². The van der Waals surface area contributed by atoms with Crippen molar-refractivity contribution in [2.45, 2.75) is 83.5 Å². The van der Waals surface area contributed by atoms with Gasteiger partial charge in [-0.1, -0.05) is 31.5 Å². The van der Waals surface area contributed by atoms with Gasteiger partial charge in [0.05, 0.1) is 0 Å². The fraction of sp³-hybridized carbons (Fsp3) is 0.700. The third-order valence-corrected chi connectivity index (χ3v) is 5.83. The summed E-state index contributed by atoms with van der Waals surface area (Å²) >= 11 is 1.50. The van der Waals surface area contributed by atoms with Crippen LogP contribution in [-0.2, 0) is 20.7 Å². The first-order valence-corrected chi connectivity index (χ1v) is 10.9. The van der Waals surface area contributed by atoms with Crippen LogP contribution < -0.4 is 5.32 Å². The van der Waals surface area contributed by atoms with Gasteiger partial charge in [-0.2, -0.15) is 0 Å². The Morgan fingerprint density at radius 2 is 1.85 bits per heavy atom. The minimum absolute atomic E-state index is 0.185. The molecule has 0 aliphatic heterocycles. The molecule has 2 rings (SSSR count). The fourth-order valence-electron chi connectivity index (χ4n) is 3.53. The normalized spacial score (nSPS) is 20.8. The molecule has 1 N–H and O–H groups in total. The number of carbonyl (C=O) groups excluding carboxylic acids is 2. The van der Waals surface area contributed by atoms with Gasteiger partial charge in [0, 0.05) is 23.9 Å². The number of rotatable bonds is 7. The maximum absolute atomic E-state index is 12.3. The van der Waals surface area contributed by atoms with Crippen molar-refractivity contribution < 1.29 is 14.3 Å². The average molecular weight is 394 g/mol. The van der Waals surface area contributed by atoms with Gasteiger partial charge in [0.25, 0.3) is 5.91 Å². The molecule has 1 aliphatic rings. The van der Waals surface area contributed by atoms with Crippen LogP contribution in [0.15, 0.2) is 5.16 Å². The number of aryl methyl sites for hydroxylation is 2. The van der Waals surface area contributed by atoms with Gasteiger partial charge in [0.2, 0.25) is 0 Å². The molecule has 27 heavy (non-hydrogen) atoms. The number of nitrogens with one attached hydrogen (secondary N) is 1. The molecule has 1 fully saturated rings. The predicted molar refractivity (Wildman–Crippen MR) is 107 cm³/mol. The summed E-state index contributed by atoms with van der Waals surface area (Å²) in [6.07, 6.45) is 6.38. The minimum atomic E-state index is -0.774. The largest absolute Gasteiger partial charge is 0.453 e. The smallest absolute Gasteiger partial charge is 0.306 e. The summed E-state index contributed by atoms with van der Waals surface area (Å²) in [5.41, 5.74) is 2.74. The zero-order valence-electron chi connectivity index (χ0n) is 17.0. The Bertz CT molecular complexity index is 657. The zero-order chi connectivity index (χ0) is 20.0. The number of thioether (sulfide) groups is 1. The number of esters is 1. The highest BCUT2D eigenvalue weighted by molar-refractivity contribution is 7.98. The third-order valence-electron chi connectivity index (χ3n) is 5.28. The van der Waals surface area contributed by atoms with Crippen molar-refractivity contribution in [1.82, 2.24) is 15.3 Å². The van der Waals surface area contributed by atoms with Crippen molar-refractivity contribution in [3.8, 4) is 0 Å². The first kappa shape index (κ1) is 21.7. The number of nitrogens with zero attached hydrogens (tertiary/aromatic N) is 2. The summed E-state index contributed by atoms with van der Waals surface area (Å²) in [6, 6.07) is 0.185. The summed E-state index contributed by atoms with van der Waals surface area (Å²) in [6.45, 7) is 7.65. The maximum Gasteiger partial charge on any atom is 0.306 e. The highest BCUT2D eigenvalue weighted by Crippen LogP contribution is 2.24. The molecule has 0 saturated heterocycles. The summed E-state index contributed by atoms with van der Waals surface area (Å²) < 4.78 is 5.34. The van der Waals surface area contributed by atoms with Crippen molar-refractivity contribution in [3.05, 3.63) is 17.0 Å². The van der Waals surface area contributed by atoms with Gasteiger partial charge in [-0.25, -0.2) is 9.97 Å². The standard InChI is InChI=1S/C20H31N3O3S/c1-12-8-6-7-9-17(12)23-19(25)15(4)26-18(24)11-10-16-13(2)21-20(27-5)22-14(16)3/h12,15,17H,6-11H2,1-5H3,(H,23,25)/t12-,15+,17+/m0/s1. The molecule has 0 unspecified atom stereocenters. The number of ether oxygens (including phenoxy) is 1. The third kappa shape index (κ3) is 6.19. The number of hydrogen-bond acceptors (Lipinski definition) is 6. The Kier molecular flexibility index (Phi) is 8.07. The lowest BCUT2D eigenvalue weighted by molar-refractivity contribution is -0.155. The lowest BCUT2D eigenvalue weighted by atomic mass is 9.86. The van der Waals surface area contributed by atoms with Crippen molar-refractivity contribution >= 4 is 23.6 Å². The Balaban J connectivity index is 1.83. The summed E-state index contributed by atoms with van der Waals surface area (Å²) in [5.74, 6) is -0.106. The molecule has 6 nitrogen and oxygen atoms in total. The molecule has 1 saturated carbocycles. The van der Waals surface area contributed by atoms with E-state index in [0.29, 0.717) is 12.3 Å². The Morgan fingerprint density at radius 1 is 1.22 bits per heavy atom. The first-order valence-electron chi connectivity index (χ1n) is 9.69. The average Bonchev–Trinajstić information content (AvgIpc) is 2.62. The monoisotopic (exact) mass is 393 g/mol. The predicted octanol–water partition coefficient (Wildman–Crippen LogP) is 3.37. The highest BCUT2D eigenvalue weighted by Gasteiger charge is 2.26. The Hall–Kier alpha value is -1.63. The second-order valence-electron chi connectivity index (χ2n) is 7.37. The second-order valence-corrected chi connectivity index (χ2v) is 8.14. The Labute approximate surface area is 166 Å². The summed E-state index contributed by atoms with van der Waals surface area (Å²) in [7, 11) is 0. The number of amides is 1. The van der Waals surface area contributed by atoms with Gasteiger partial charge >= 0.3 is 5.97 Å². The van der Waals surface area contributed by atoms with Crippen LogP contribution in [0.3, 0.4) is 0 Å². The molecular weight excluding hydrogens is 362 g/mol. The molecular formula is C20H31N3O3S. The van der Waals surface area contributed by atoms with Crippen LogP contribution in [0.1, 0.15) is 62.9 Å². The van der Waals surface area contributed by atoms with Crippen LogP contribution in [0.2, 0.25) is 0 Å². The van der Waals surface area contributed by atoms with E-state index in [2.05, 4.69) is 22.2 Å². The molecule has 1 aliphatic carbocycles. The van der Waals surface area contributed by atoms with E-state index in [1.807, 2.05) is 20.1 Å². The molecule has 1 aromatic heterocycles. The lowest BCUT2D eigenvalue weighted by Crippen LogP contribution is -2.46. The summed E-state index contributed by atoms with van der Waals surface area (Å²) in [4.78, 5) is 33.4. The Morgan fingerprint density at radius 3 is 2.44 bits per heavy atom. The van der Waals surface area contributed by atoms with Gasteiger partial charge in [-0.3, -0.25) is 9.59 Å². The molecule has 1 heterocycles. The molecule has 1 amide bonds. The van der Waals surface area contributed by atoms with Crippen LogP contribution in [0.5, 0.6) is 0 Å². The quantitative estimate of drug-likeness (QED) is 0.434. The van der Waals surface area contributed by atoms with Crippen molar-refractivity contribution in [3.63, 3.8) is 0 Å². The molecule has 150 valence electrons. The highest BCUT2D eigenvalue weighted by atomic mass is 32.2. The number of carbonyl (C=O) groups is 2. The van der Waals surface area contributed by atoms with E-state index in [1.54, 1.807) is 6.92 Å². The lowest BCUT2D eigenvalue weighted by Gasteiger charge is -2.30. The van der Waals surface area contributed by atoms with Gasteiger partial charge in [0.1, 0.15) is 0 Å². The first-order chi connectivity index (χ1) is 12.8. The SMILES string of the molecule is CSc1nc(C)c(CCC(=O)O[C@H](C)C(=O)N[C@@H]2CCCC[C@@H]2C)c(C)n1. The molecule has 3 atom stereocenters. The summed E-state index contributed by atoms with van der Waals surface area (Å²) in [5, 5.41) is 3.77. The van der Waals surface area contributed by atoms with Crippen LogP contribution in [0, 0.1) is 19.8 Å². The van der Waals surface area contributed by atoms with E-state index in [-0.39, 0.29) is 24.3 Å². The molecule has 1 aromatic rings. The van der Waals surface area contributed by atoms with Crippen LogP contribution in [0.25, 0.3) is 0 Å². The zero-order valence-corrected chi connectivity index (χ0v) is 17.8. The van der Waals surface area contributed by atoms with E-state index in [0.717, 1.165) is 41.4 Å². The van der Waals surface area contributed by atoms with E-state index in [4.69, 9.17) is 4.74 Å². The van der Waals surface area contributed by atoms with Crippen LogP contribution in [-0.4, -0.2) is 40.2 Å². The van der Waals surface area contributed by atoms with Crippen molar-refractivity contribution in [1.29, 1.82) is 0 Å². The van der Waals surface area contributed by atoms with Gasteiger partial charge in [0.15, 0.2) is 11.3 Å². The van der Waals surface area contributed by atoms with Gasteiger partial charge in [-0.05, 0) is 57.8 Å². The van der Waals surface area contributed by atoms with E-state index in [9.17, 15) is 9.59 Å². The molecule has 7 heteroatoms. The van der Waals surface area contributed by atoms with E-state index in [1.165, 1.54) is 18.2 Å². The van der Waals surface area contributed by atoms with Crippen molar-refractivity contribution in [2.24, 2.45) is 5.92 Å². The second kappa shape index (κ2) is 10.1.